The van der Waals surface area contributed by atoms with Crippen LogP contribution in [0.1, 0.15) is 19.8 Å². The average molecular weight is 348 g/mol. The van der Waals surface area contributed by atoms with Gasteiger partial charge in [-0.3, -0.25) is 4.79 Å². The fraction of sp³-hybridized carbons (Fsp3) is 0.500. The molecule has 1 saturated heterocycles. The maximum atomic E-state index is 13.9. The summed E-state index contributed by atoms with van der Waals surface area (Å²) >= 11 is 3.07. The van der Waals surface area contributed by atoms with Crippen molar-refractivity contribution in [3.8, 4) is 0 Å². The molecule has 1 heterocycles. The second-order valence-electron chi connectivity index (χ2n) is 4.95. The minimum atomic E-state index is -0.558. The van der Waals surface area contributed by atoms with Gasteiger partial charge in [0.2, 0.25) is 0 Å². The topological polar surface area (TPSA) is 29.5 Å². The second-order valence-corrected chi connectivity index (χ2v) is 5.86. The average Bonchev–Trinajstić information content (AvgIpc) is 2.75. The number of rotatable bonds is 4. The Bertz CT molecular complexity index is 487. The van der Waals surface area contributed by atoms with Gasteiger partial charge in [0, 0.05) is 24.5 Å². The van der Waals surface area contributed by atoms with Gasteiger partial charge in [0.25, 0.3) is 0 Å². The maximum Gasteiger partial charge on any atom is 0.302 e. The lowest BCUT2D eigenvalue weighted by Crippen LogP contribution is -2.22. The lowest BCUT2D eigenvalue weighted by atomic mass is 10.1. The largest absolute Gasteiger partial charge is 0.466 e. The molecule has 1 aromatic rings. The lowest BCUT2D eigenvalue weighted by Gasteiger charge is -2.20. The number of hydrogen-bond donors (Lipinski definition) is 0. The molecule has 0 radical (unpaired) electrons. The number of ether oxygens (including phenoxy) is 1. The minimum Gasteiger partial charge on any atom is -0.466 e. The third-order valence-electron chi connectivity index (χ3n) is 3.42. The van der Waals surface area contributed by atoms with Gasteiger partial charge >= 0.3 is 5.97 Å². The van der Waals surface area contributed by atoms with Gasteiger partial charge in [0.05, 0.1) is 6.61 Å². The van der Waals surface area contributed by atoms with Gasteiger partial charge in [-0.05, 0) is 30.9 Å². The molecule has 0 amide bonds. The number of hydrogen-bond acceptors (Lipinski definition) is 3. The molecule has 0 aliphatic carbocycles. The lowest BCUT2D eigenvalue weighted by molar-refractivity contribution is -0.141. The Labute approximate surface area is 125 Å². The molecule has 1 aliphatic heterocycles. The van der Waals surface area contributed by atoms with Crippen LogP contribution in [0, 0.1) is 17.6 Å². The summed E-state index contributed by atoms with van der Waals surface area (Å²) in [4.78, 5) is 12.4. The van der Waals surface area contributed by atoms with Crippen molar-refractivity contribution in [1.29, 1.82) is 0 Å². The van der Waals surface area contributed by atoms with Crippen LogP contribution in [0.2, 0.25) is 0 Å². The zero-order valence-electron chi connectivity index (χ0n) is 11.2. The Morgan fingerprint density at radius 3 is 2.70 bits per heavy atom. The van der Waals surface area contributed by atoms with Crippen LogP contribution in [-0.4, -0.2) is 25.7 Å². The van der Waals surface area contributed by atoms with E-state index in [2.05, 4.69) is 15.9 Å². The molecule has 3 nitrogen and oxygen atoms in total. The molecule has 1 fully saturated rings. The van der Waals surface area contributed by atoms with Crippen LogP contribution >= 0.6 is 15.9 Å². The Balaban J connectivity index is 1.97. The van der Waals surface area contributed by atoms with Crippen molar-refractivity contribution in [3.63, 3.8) is 0 Å². The molecule has 1 atom stereocenters. The summed E-state index contributed by atoms with van der Waals surface area (Å²) in [5, 5.41) is 0. The zero-order valence-corrected chi connectivity index (χ0v) is 12.8. The van der Waals surface area contributed by atoms with Crippen molar-refractivity contribution >= 4 is 27.6 Å². The minimum absolute atomic E-state index is 0.0307. The molecule has 6 heteroatoms. The first kappa shape index (κ1) is 15.2. The highest BCUT2D eigenvalue weighted by Gasteiger charge is 2.27. The first-order valence-corrected chi connectivity index (χ1v) is 7.29. The molecule has 2 rings (SSSR count). The van der Waals surface area contributed by atoms with Crippen LogP contribution in [0.25, 0.3) is 0 Å². The summed E-state index contributed by atoms with van der Waals surface area (Å²) in [7, 11) is 0. The quantitative estimate of drug-likeness (QED) is 0.780. The molecule has 110 valence electrons. The van der Waals surface area contributed by atoms with Crippen LogP contribution in [0.5, 0.6) is 0 Å². The van der Waals surface area contributed by atoms with Gasteiger partial charge < -0.3 is 9.64 Å². The summed E-state index contributed by atoms with van der Waals surface area (Å²) in [5.41, 5.74) is 0.0307. The van der Waals surface area contributed by atoms with Crippen LogP contribution in [0.15, 0.2) is 16.6 Å². The predicted molar refractivity (Wildman–Crippen MR) is 75.6 cm³/mol. The number of halogens is 3. The molecular weight excluding hydrogens is 332 g/mol. The van der Waals surface area contributed by atoms with Crippen LogP contribution < -0.4 is 4.90 Å². The molecule has 0 spiro atoms. The van der Waals surface area contributed by atoms with E-state index in [0.717, 1.165) is 12.8 Å². The van der Waals surface area contributed by atoms with Crippen LogP contribution in [0.4, 0.5) is 14.5 Å². The van der Waals surface area contributed by atoms with Crippen molar-refractivity contribution < 1.29 is 18.3 Å². The van der Waals surface area contributed by atoms with Crippen molar-refractivity contribution in [2.45, 2.75) is 19.8 Å². The summed E-state index contributed by atoms with van der Waals surface area (Å²) in [6, 6.07) is 2.54. The van der Waals surface area contributed by atoms with E-state index in [1.54, 1.807) is 4.90 Å². The molecule has 0 N–H and O–H groups in total. The van der Waals surface area contributed by atoms with Gasteiger partial charge in [-0.1, -0.05) is 15.9 Å². The first-order valence-electron chi connectivity index (χ1n) is 6.50. The number of benzene rings is 1. The van der Waals surface area contributed by atoms with E-state index < -0.39 is 11.6 Å². The van der Waals surface area contributed by atoms with E-state index in [1.807, 2.05) is 0 Å². The van der Waals surface area contributed by atoms with Crippen LogP contribution in [-0.2, 0) is 9.53 Å². The summed E-state index contributed by atoms with van der Waals surface area (Å²) in [6.07, 6.45) is 1.56. The molecule has 1 aliphatic rings. The highest BCUT2D eigenvalue weighted by molar-refractivity contribution is 9.10. The van der Waals surface area contributed by atoms with E-state index >= 15 is 0 Å². The Hall–Kier alpha value is -1.17. The van der Waals surface area contributed by atoms with Crippen molar-refractivity contribution in [2.24, 2.45) is 5.92 Å². The predicted octanol–water partition coefficient (Wildman–Crippen LogP) is 3.51. The number of anilines is 1. The third-order valence-corrected chi connectivity index (χ3v) is 3.87. The Morgan fingerprint density at radius 2 is 2.10 bits per heavy atom. The Kier molecular flexibility index (Phi) is 4.96. The smallest absolute Gasteiger partial charge is 0.302 e. The Morgan fingerprint density at radius 1 is 1.45 bits per heavy atom. The van der Waals surface area contributed by atoms with Gasteiger partial charge in [-0.25, -0.2) is 8.78 Å². The standard InChI is InChI=1S/C14H16BrF2NO2/c1-9(19)20-5-3-10-2-4-18(8-10)14-12(16)6-11(15)7-13(14)17/h6-7,10H,2-5,8H2,1H3. The van der Waals surface area contributed by atoms with E-state index in [1.165, 1.54) is 19.1 Å². The molecule has 0 saturated carbocycles. The zero-order chi connectivity index (χ0) is 14.7. The number of carbonyl (C=O) groups excluding carboxylic acids is 1. The summed E-state index contributed by atoms with van der Waals surface area (Å²) < 4.78 is 33.0. The molecule has 1 unspecified atom stereocenters. The molecule has 0 bridgehead atoms. The molecular formula is C14H16BrF2NO2. The van der Waals surface area contributed by atoms with Gasteiger partial charge in [0.15, 0.2) is 11.6 Å². The molecule has 0 aromatic heterocycles. The number of esters is 1. The fourth-order valence-corrected chi connectivity index (χ4v) is 2.88. The maximum absolute atomic E-state index is 13.9. The molecule has 1 aromatic carbocycles. The number of nitrogens with zero attached hydrogens (tertiary/aromatic N) is 1. The van der Waals surface area contributed by atoms with Crippen molar-refractivity contribution in [3.05, 3.63) is 28.2 Å². The highest BCUT2D eigenvalue weighted by atomic mass is 79.9. The monoisotopic (exact) mass is 347 g/mol. The summed E-state index contributed by atoms with van der Waals surface area (Å²) in [6.45, 7) is 2.92. The molecule has 20 heavy (non-hydrogen) atoms. The second kappa shape index (κ2) is 6.52. The summed E-state index contributed by atoms with van der Waals surface area (Å²) in [5.74, 6) is -1.13. The van der Waals surface area contributed by atoms with Gasteiger partial charge in [-0.2, -0.15) is 0 Å². The van der Waals surface area contributed by atoms with Crippen molar-refractivity contribution in [2.75, 3.05) is 24.6 Å². The van der Waals surface area contributed by atoms with E-state index in [9.17, 15) is 13.6 Å². The SMILES string of the molecule is CC(=O)OCCC1CCN(c2c(F)cc(Br)cc2F)C1. The van der Waals surface area contributed by atoms with E-state index in [-0.39, 0.29) is 17.6 Å². The van der Waals surface area contributed by atoms with E-state index in [0.29, 0.717) is 24.2 Å². The highest BCUT2D eigenvalue weighted by Crippen LogP contribution is 2.32. The number of carbonyl (C=O) groups is 1. The van der Waals surface area contributed by atoms with Crippen molar-refractivity contribution in [1.82, 2.24) is 0 Å². The van der Waals surface area contributed by atoms with Crippen LogP contribution in [0.3, 0.4) is 0 Å². The third kappa shape index (κ3) is 3.69. The normalized spacial score (nSPS) is 18.4. The van der Waals surface area contributed by atoms with E-state index in [4.69, 9.17) is 4.74 Å². The first-order chi connectivity index (χ1) is 9.47. The van der Waals surface area contributed by atoms with Gasteiger partial charge in [0.1, 0.15) is 5.69 Å². The fourth-order valence-electron chi connectivity index (χ4n) is 2.48. The van der Waals surface area contributed by atoms with Gasteiger partial charge in [-0.15, -0.1) is 0 Å².